The van der Waals surface area contributed by atoms with Crippen LogP contribution in [0.15, 0.2) is 30.9 Å². The van der Waals surface area contributed by atoms with Crippen LogP contribution in [-0.2, 0) is 11.2 Å². The van der Waals surface area contributed by atoms with Crippen molar-refractivity contribution in [3.63, 3.8) is 0 Å². The van der Waals surface area contributed by atoms with Crippen LogP contribution in [0.3, 0.4) is 0 Å². The lowest BCUT2D eigenvalue weighted by Crippen LogP contribution is -2.57. The summed E-state index contributed by atoms with van der Waals surface area (Å²) in [6.45, 7) is 4.01. The average Bonchev–Trinajstić information content (AvgIpc) is 2.32. The molecule has 1 aromatic carbocycles. The van der Waals surface area contributed by atoms with E-state index in [1.165, 1.54) is 18.2 Å². The van der Waals surface area contributed by atoms with Gasteiger partial charge in [0.1, 0.15) is 5.54 Å². The Kier molecular flexibility index (Phi) is 5.10. The smallest absolute Gasteiger partial charge is 0.338 e. The molecule has 0 saturated heterocycles. The second kappa shape index (κ2) is 6.06. The molecule has 0 saturated carbocycles. The zero-order chi connectivity index (χ0) is 15.6. The van der Waals surface area contributed by atoms with Gasteiger partial charge >= 0.3 is 6.18 Å². The fraction of sp³-hybridized carbons (Fsp3) is 0.308. The number of halogens is 5. The number of carbonyl (C=O) groups is 1. The van der Waals surface area contributed by atoms with Crippen molar-refractivity contribution in [1.82, 2.24) is 5.32 Å². The van der Waals surface area contributed by atoms with Crippen LogP contribution in [0, 0.1) is 0 Å². The first-order valence-corrected chi connectivity index (χ1v) is 6.30. The zero-order valence-electron chi connectivity index (χ0n) is 10.5. The Bertz CT molecular complexity index is 511. The van der Waals surface area contributed by atoms with E-state index in [4.69, 9.17) is 23.2 Å². The van der Waals surface area contributed by atoms with Gasteiger partial charge in [-0.2, -0.15) is 13.2 Å². The van der Waals surface area contributed by atoms with Gasteiger partial charge < -0.3 is 5.32 Å². The topological polar surface area (TPSA) is 29.1 Å². The maximum absolute atomic E-state index is 13.2. The van der Waals surface area contributed by atoms with Gasteiger partial charge in [-0.1, -0.05) is 35.8 Å². The molecule has 0 spiro atoms. The molecule has 0 aliphatic heterocycles. The number of benzene rings is 1. The number of rotatable bonds is 4. The summed E-state index contributed by atoms with van der Waals surface area (Å²) in [6, 6.07) is 4.41. The molecular formula is C13H12Cl2F3NO. The molecular weight excluding hydrogens is 314 g/mol. The van der Waals surface area contributed by atoms with Gasteiger partial charge in [0.15, 0.2) is 0 Å². The number of hydrogen-bond donors (Lipinski definition) is 1. The molecule has 0 aromatic heterocycles. The third kappa shape index (κ3) is 3.67. The summed E-state index contributed by atoms with van der Waals surface area (Å²) in [6.07, 6.45) is -4.47. The van der Waals surface area contributed by atoms with Crippen molar-refractivity contribution in [1.29, 1.82) is 0 Å². The van der Waals surface area contributed by atoms with E-state index in [0.29, 0.717) is 0 Å². The van der Waals surface area contributed by atoms with Crippen LogP contribution in [-0.4, -0.2) is 17.6 Å². The molecule has 1 aromatic rings. The Morgan fingerprint density at radius 2 is 1.85 bits per heavy atom. The molecule has 0 bridgehead atoms. The molecule has 20 heavy (non-hydrogen) atoms. The van der Waals surface area contributed by atoms with Crippen molar-refractivity contribution in [2.75, 3.05) is 0 Å². The molecule has 0 aliphatic rings. The second-order valence-corrected chi connectivity index (χ2v) is 5.21. The highest BCUT2D eigenvalue weighted by atomic mass is 35.5. The minimum atomic E-state index is -4.67. The number of hydrogen-bond acceptors (Lipinski definition) is 1. The summed E-state index contributed by atoms with van der Waals surface area (Å²) in [4.78, 5) is 11.2. The summed E-state index contributed by atoms with van der Waals surface area (Å²) in [5.74, 6) is -0.923. The Balaban J connectivity index is 3.20. The Morgan fingerprint density at radius 3 is 2.25 bits per heavy atom. The van der Waals surface area contributed by atoms with Crippen molar-refractivity contribution in [3.05, 3.63) is 46.5 Å². The summed E-state index contributed by atoms with van der Waals surface area (Å²) in [7, 11) is 0. The van der Waals surface area contributed by atoms with Gasteiger partial charge in [0.05, 0.1) is 0 Å². The van der Waals surface area contributed by atoms with E-state index in [0.717, 1.165) is 13.0 Å². The Hall–Kier alpha value is -1.20. The van der Waals surface area contributed by atoms with E-state index < -0.39 is 24.0 Å². The second-order valence-electron chi connectivity index (χ2n) is 4.40. The molecule has 1 atom stereocenters. The van der Waals surface area contributed by atoms with Crippen LogP contribution >= 0.6 is 23.2 Å². The third-order valence-electron chi connectivity index (χ3n) is 2.80. The van der Waals surface area contributed by atoms with Crippen molar-refractivity contribution in [2.45, 2.75) is 25.1 Å². The Labute approximate surface area is 124 Å². The van der Waals surface area contributed by atoms with Gasteiger partial charge in [0.2, 0.25) is 5.91 Å². The van der Waals surface area contributed by atoms with Crippen LogP contribution in [0.2, 0.25) is 10.0 Å². The quantitative estimate of drug-likeness (QED) is 0.827. The predicted octanol–water partition coefficient (Wildman–Crippen LogP) is 4.16. The third-order valence-corrected chi connectivity index (χ3v) is 3.51. The van der Waals surface area contributed by atoms with Gasteiger partial charge in [-0.3, -0.25) is 4.79 Å². The molecule has 1 unspecified atom stereocenters. The number of carbonyl (C=O) groups excluding carboxylic acids is 1. The highest BCUT2D eigenvalue weighted by molar-refractivity contribution is 6.36. The molecule has 0 fully saturated rings. The minimum Gasteiger partial charge on any atom is -0.338 e. The first-order valence-electron chi connectivity index (χ1n) is 5.55. The van der Waals surface area contributed by atoms with Crippen LogP contribution in [0.25, 0.3) is 0 Å². The molecule has 1 rings (SSSR count). The number of nitrogens with one attached hydrogen (secondary N) is 1. The van der Waals surface area contributed by atoms with E-state index in [1.807, 2.05) is 5.32 Å². The normalized spacial score (nSPS) is 14.5. The lowest BCUT2D eigenvalue weighted by molar-refractivity contribution is -0.192. The maximum Gasteiger partial charge on any atom is 0.411 e. The maximum atomic E-state index is 13.2. The van der Waals surface area contributed by atoms with E-state index in [-0.39, 0.29) is 15.6 Å². The van der Waals surface area contributed by atoms with Gasteiger partial charge in [0.25, 0.3) is 0 Å². The van der Waals surface area contributed by atoms with Crippen molar-refractivity contribution in [2.24, 2.45) is 0 Å². The molecule has 0 heterocycles. The number of alkyl halides is 3. The first-order chi connectivity index (χ1) is 9.10. The molecule has 110 valence electrons. The van der Waals surface area contributed by atoms with E-state index in [1.54, 1.807) is 0 Å². The predicted molar refractivity (Wildman–Crippen MR) is 73.0 cm³/mol. The van der Waals surface area contributed by atoms with E-state index >= 15 is 0 Å². The highest BCUT2D eigenvalue weighted by Crippen LogP contribution is 2.36. The summed E-state index contributed by atoms with van der Waals surface area (Å²) in [5, 5.41) is 2.11. The van der Waals surface area contributed by atoms with Crippen molar-refractivity contribution >= 4 is 29.1 Å². The fourth-order valence-corrected chi connectivity index (χ4v) is 2.12. The number of amides is 1. The zero-order valence-corrected chi connectivity index (χ0v) is 12.0. The molecule has 1 amide bonds. The standard InChI is InChI=1S/C13H12Cl2F3NO/c1-3-11(20)19-12(2,13(16,17)18)7-8-9(14)5-4-6-10(8)15/h3-6H,1,7H2,2H3,(H,19,20). The lowest BCUT2D eigenvalue weighted by atomic mass is 9.91. The van der Waals surface area contributed by atoms with Gasteiger partial charge in [-0.25, -0.2) is 0 Å². The average molecular weight is 326 g/mol. The highest BCUT2D eigenvalue weighted by Gasteiger charge is 2.52. The summed E-state index contributed by atoms with van der Waals surface area (Å²) >= 11 is 11.7. The SMILES string of the molecule is C=CC(=O)NC(C)(Cc1c(Cl)cccc1Cl)C(F)(F)F. The molecule has 1 N–H and O–H groups in total. The van der Waals surface area contributed by atoms with E-state index in [2.05, 4.69) is 6.58 Å². The lowest BCUT2D eigenvalue weighted by Gasteiger charge is -2.33. The molecule has 0 aliphatic carbocycles. The molecule has 2 nitrogen and oxygen atoms in total. The van der Waals surface area contributed by atoms with Crippen LogP contribution in [0.4, 0.5) is 13.2 Å². The monoisotopic (exact) mass is 325 g/mol. The van der Waals surface area contributed by atoms with Crippen LogP contribution < -0.4 is 5.32 Å². The summed E-state index contributed by atoms with van der Waals surface area (Å²) in [5.41, 5.74) is -2.37. The summed E-state index contributed by atoms with van der Waals surface area (Å²) < 4.78 is 39.6. The van der Waals surface area contributed by atoms with Crippen LogP contribution in [0.1, 0.15) is 12.5 Å². The van der Waals surface area contributed by atoms with E-state index in [9.17, 15) is 18.0 Å². The first kappa shape index (κ1) is 16.9. The molecule has 7 heteroatoms. The van der Waals surface area contributed by atoms with Crippen LogP contribution in [0.5, 0.6) is 0 Å². The fourth-order valence-electron chi connectivity index (χ4n) is 1.59. The van der Waals surface area contributed by atoms with Gasteiger partial charge in [0, 0.05) is 16.5 Å². The van der Waals surface area contributed by atoms with Gasteiger partial charge in [-0.15, -0.1) is 0 Å². The Morgan fingerprint density at radius 1 is 1.35 bits per heavy atom. The minimum absolute atomic E-state index is 0.112. The largest absolute Gasteiger partial charge is 0.411 e. The molecule has 0 radical (unpaired) electrons. The van der Waals surface area contributed by atoms with Crippen molar-refractivity contribution < 1.29 is 18.0 Å². The van der Waals surface area contributed by atoms with Gasteiger partial charge in [-0.05, 0) is 30.7 Å². The van der Waals surface area contributed by atoms with Crippen molar-refractivity contribution in [3.8, 4) is 0 Å².